The molecule has 29 heavy (non-hydrogen) atoms. The number of hydrogen-bond donors (Lipinski definition) is 1. The molecule has 2 aromatic carbocycles. The maximum Gasteiger partial charge on any atom is 0.242 e. The first-order valence-electron chi connectivity index (χ1n) is 9.81. The molecule has 0 heterocycles. The first-order chi connectivity index (χ1) is 13.8. The third-order valence-corrected chi connectivity index (χ3v) is 4.98. The van der Waals surface area contributed by atoms with Crippen LogP contribution in [0.2, 0.25) is 0 Å². The van der Waals surface area contributed by atoms with Gasteiger partial charge in [0.15, 0.2) is 0 Å². The van der Waals surface area contributed by atoms with Crippen molar-refractivity contribution in [2.45, 2.75) is 52.2 Å². The number of nitrogens with zero attached hydrogens (tertiary/aromatic N) is 1. The number of benzene rings is 2. The summed E-state index contributed by atoms with van der Waals surface area (Å²) in [6.45, 7) is 5.58. The second-order valence-corrected chi connectivity index (χ2v) is 7.13. The normalized spacial score (nSPS) is 12.7. The van der Waals surface area contributed by atoms with Crippen LogP contribution in [0.1, 0.15) is 38.3 Å². The van der Waals surface area contributed by atoms with E-state index in [0.29, 0.717) is 11.3 Å². The maximum atomic E-state index is 14.2. The van der Waals surface area contributed by atoms with Gasteiger partial charge in [0.1, 0.15) is 17.6 Å². The molecule has 0 unspecified atom stereocenters. The molecule has 6 heteroatoms. The maximum absolute atomic E-state index is 14.2. The van der Waals surface area contributed by atoms with E-state index in [9.17, 15) is 14.0 Å². The summed E-state index contributed by atoms with van der Waals surface area (Å²) < 4.78 is 19.3. The fourth-order valence-corrected chi connectivity index (χ4v) is 2.88. The second kappa shape index (κ2) is 10.6. The fraction of sp³-hybridized carbons (Fsp3) is 0.391. The van der Waals surface area contributed by atoms with Gasteiger partial charge in [-0.3, -0.25) is 9.59 Å². The molecule has 0 radical (unpaired) electrons. The molecule has 0 bridgehead atoms. The second-order valence-electron chi connectivity index (χ2n) is 7.13. The first-order valence-corrected chi connectivity index (χ1v) is 9.81. The summed E-state index contributed by atoms with van der Waals surface area (Å²) in [5, 5.41) is 2.90. The van der Waals surface area contributed by atoms with Crippen molar-refractivity contribution in [2.75, 3.05) is 7.11 Å². The molecule has 2 atom stereocenters. The van der Waals surface area contributed by atoms with Gasteiger partial charge in [0.25, 0.3) is 0 Å². The fourth-order valence-electron chi connectivity index (χ4n) is 2.88. The van der Waals surface area contributed by atoms with E-state index in [1.807, 2.05) is 26.0 Å². The number of methoxy groups -OCH3 is 1. The van der Waals surface area contributed by atoms with Crippen LogP contribution in [0.25, 0.3) is 0 Å². The quantitative estimate of drug-likeness (QED) is 0.698. The predicted molar refractivity (Wildman–Crippen MR) is 111 cm³/mol. The highest BCUT2D eigenvalue weighted by atomic mass is 19.1. The Morgan fingerprint density at radius 2 is 1.76 bits per heavy atom. The minimum absolute atomic E-state index is 0.00282. The standard InChI is InChI=1S/C23H29FN2O3/c1-5-16(2)25-23(28)17(3)26(15-19-8-6-7-9-21(19)24)22(27)14-18-10-12-20(29-4)13-11-18/h6-13,16-17H,5,14-15H2,1-4H3,(H,25,28)/t16-,17+/m0/s1. The molecule has 0 saturated heterocycles. The molecule has 0 aliphatic rings. The van der Waals surface area contributed by atoms with E-state index in [-0.39, 0.29) is 30.8 Å². The molecule has 0 spiro atoms. The molecule has 2 rings (SSSR count). The van der Waals surface area contributed by atoms with E-state index < -0.39 is 11.9 Å². The first kappa shape index (κ1) is 22.4. The number of nitrogens with one attached hydrogen (secondary N) is 1. The topological polar surface area (TPSA) is 58.6 Å². The van der Waals surface area contributed by atoms with Gasteiger partial charge in [0.2, 0.25) is 11.8 Å². The Bertz CT molecular complexity index is 823. The van der Waals surface area contributed by atoms with E-state index in [2.05, 4.69) is 5.32 Å². The summed E-state index contributed by atoms with van der Waals surface area (Å²) in [4.78, 5) is 27.2. The summed E-state index contributed by atoms with van der Waals surface area (Å²) in [6.07, 6.45) is 0.894. The van der Waals surface area contributed by atoms with E-state index in [1.54, 1.807) is 44.4 Å². The van der Waals surface area contributed by atoms with Gasteiger partial charge in [-0.05, 0) is 44.0 Å². The Balaban J connectivity index is 2.23. The SMILES string of the molecule is CC[C@H](C)NC(=O)[C@@H](C)N(Cc1ccccc1F)C(=O)Cc1ccc(OC)cc1. The lowest BCUT2D eigenvalue weighted by Crippen LogP contribution is -2.50. The lowest BCUT2D eigenvalue weighted by Gasteiger charge is -2.30. The van der Waals surface area contributed by atoms with Crippen LogP contribution >= 0.6 is 0 Å². The molecule has 1 N–H and O–H groups in total. The highest BCUT2D eigenvalue weighted by molar-refractivity contribution is 5.88. The number of carbonyl (C=O) groups is 2. The molecular formula is C23H29FN2O3. The summed E-state index contributed by atoms with van der Waals surface area (Å²) in [5.74, 6) is -0.195. The smallest absolute Gasteiger partial charge is 0.242 e. The van der Waals surface area contributed by atoms with Crippen molar-refractivity contribution in [1.82, 2.24) is 10.2 Å². The van der Waals surface area contributed by atoms with Gasteiger partial charge in [0, 0.05) is 18.2 Å². The van der Waals surface area contributed by atoms with Gasteiger partial charge in [-0.1, -0.05) is 37.3 Å². The Labute approximate surface area is 171 Å². The van der Waals surface area contributed by atoms with Gasteiger partial charge in [-0.25, -0.2) is 4.39 Å². The number of hydrogen-bond acceptors (Lipinski definition) is 3. The lowest BCUT2D eigenvalue weighted by atomic mass is 10.1. The monoisotopic (exact) mass is 400 g/mol. The van der Waals surface area contributed by atoms with Crippen LogP contribution in [0.5, 0.6) is 5.75 Å². The zero-order valence-electron chi connectivity index (χ0n) is 17.4. The largest absolute Gasteiger partial charge is 0.497 e. The van der Waals surface area contributed by atoms with E-state index in [4.69, 9.17) is 4.74 Å². The van der Waals surface area contributed by atoms with Gasteiger partial charge in [-0.15, -0.1) is 0 Å². The summed E-state index contributed by atoms with van der Waals surface area (Å²) in [6, 6.07) is 12.7. The molecule has 0 aliphatic heterocycles. The number of ether oxygens (including phenoxy) is 1. The number of rotatable bonds is 9. The van der Waals surface area contributed by atoms with Crippen molar-refractivity contribution in [3.8, 4) is 5.75 Å². The minimum Gasteiger partial charge on any atom is -0.497 e. The summed E-state index contributed by atoms with van der Waals surface area (Å²) >= 11 is 0. The zero-order valence-corrected chi connectivity index (χ0v) is 17.4. The predicted octanol–water partition coefficient (Wildman–Crippen LogP) is 3.71. The molecule has 0 fully saturated rings. The van der Waals surface area contributed by atoms with Crippen molar-refractivity contribution in [2.24, 2.45) is 0 Å². The molecule has 2 amide bonds. The Hall–Kier alpha value is -2.89. The molecular weight excluding hydrogens is 371 g/mol. The van der Waals surface area contributed by atoms with Crippen LogP contribution < -0.4 is 10.1 Å². The van der Waals surface area contributed by atoms with Gasteiger partial charge >= 0.3 is 0 Å². The van der Waals surface area contributed by atoms with Gasteiger partial charge in [-0.2, -0.15) is 0 Å². The number of amides is 2. The van der Waals surface area contributed by atoms with Crippen LogP contribution in [0.15, 0.2) is 48.5 Å². The lowest BCUT2D eigenvalue weighted by molar-refractivity contribution is -0.140. The van der Waals surface area contributed by atoms with E-state index >= 15 is 0 Å². The van der Waals surface area contributed by atoms with Crippen molar-refractivity contribution < 1.29 is 18.7 Å². The molecule has 0 saturated carbocycles. The van der Waals surface area contributed by atoms with E-state index in [0.717, 1.165) is 12.0 Å². The Morgan fingerprint density at radius 3 is 2.34 bits per heavy atom. The average molecular weight is 400 g/mol. The average Bonchev–Trinajstić information content (AvgIpc) is 2.72. The highest BCUT2D eigenvalue weighted by Gasteiger charge is 2.27. The highest BCUT2D eigenvalue weighted by Crippen LogP contribution is 2.17. The van der Waals surface area contributed by atoms with Crippen molar-refractivity contribution >= 4 is 11.8 Å². The van der Waals surface area contributed by atoms with Crippen molar-refractivity contribution in [1.29, 1.82) is 0 Å². The minimum atomic E-state index is -0.727. The molecule has 0 aliphatic carbocycles. The zero-order chi connectivity index (χ0) is 21.4. The van der Waals surface area contributed by atoms with E-state index in [1.165, 1.54) is 11.0 Å². The van der Waals surface area contributed by atoms with Crippen molar-refractivity contribution in [3.63, 3.8) is 0 Å². The van der Waals surface area contributed by atoms with Crippen LogP contribution in [0.4, 0.5) is 4.39 Å². The Morgan fingerprint density at radius 1 is 1.10 bits per heavy atom. The number of halogens is 1. The third kappa shape index (κ3) is 6.31. The van der Waals surface area contributed by atoms with Gasteiger partial charge in [0.05, 0.1) is 13.5 Å². The number of carbonyl (C=O) groups excluding carboxylic acids is 2. The van der Waals surface area contributed by atoms with Crippen LogP contribution in [-0.2, 0) is 22.6 Å². The van der Waals surface area contributed by atoms with Gasteiger partial charge < -0.3 is 15.0 Å². The van der Waals surface area contributed by atoms with Crippen LogP contribution in [0.3, 0.4) is 0 Å². The molecule has 5 nitrogen and oxygen atoms in total. The Kier molecular flexibility index (Phi) is 8.19. The van der Waals surface area contributed by atoms with Crippen LogP contribution in [-0.4, -0.2) is 35.9 Å². The van der Waals surface area contributed by atoms with Crippen molar-refractivity contribution in [3.05, 3.63) is 65.5 Å². The third-order valence-electron chi connectivity index (χ3n) is 4.98. The molecule has 0 aromatic heterocycles. The molecule has 2 aromatic rings. The molecule has 156 valence electrons. The summed E-state index contributed by atoms with van der Waals surface area (Å²) in [5.41, 5.74) is 1.17. The van der Waals surface area contributed by atoms with Crippen LogP contribution in [0, 0.1) is 5.82 Å². The summed E-state index contributed by atoms with van der Waals surface area (Å²) in [7, 11) is 1.58.